The molecule has 0 radical (unpaired) electrons. The molecule has 4 atom stereocenters. The highest BCUT2D eigenvalue weighted by molar-refractivity contribution is 9.10. The fourth-order valence-corrected chi connectivity index (χ4v) is 11.2. The van der Waals surface area contributed by atoms with Crippen molar-refractivity contribution in [2.45, 2.75) is 94.4 Å². The van der Waals surface area contributed by atoms with Crippen LogP contribution in [0.1, 0.15) is 100 Å². The second-order valence-corrected chi connectivity index (χ2v) is 27.1. The number of carbonyl (C=O) groups is 4. The normalized spacial score (nSPS) is 18.3. The number of amides is 4. The summed E-state index contributed by atoms with van der Waals surface area (Å²) in [5.41, 5.74) is 18.3. The van der Waals surface area contributed by atoms with Gasteiger partial charge in [-0.3, -0.25) is 19.2 Å². The Kier molecular flexibility index (Phi) is 19.7. The molecule has 2 aromatic carbocycles. The van der Waals surface area contributed by atoms with Crippen LogP contribution < -0.4 is 22.1 Å². The number of halogens is 3. The second-order valence-electron chi connectivity index (χ2n) is 21.5. The Labute approximate surface area is 488 Å². The zero-order chi connectivity index (χ0) is 59.9. The van der Waals surface area contributed by atoms with Gasteiger partial charge in [0, 0.05) is 64.6 Å². The fraction of sp³-hybridized carbons (Fsp3) is 0.439. The summed E-state index contributed by atoms with van der Waals surface area (Å²) in [6, 6.07) is 6.36. The average molecular weight is 1220 g/mol. The van der Waals surface area contributed by atoms with Crippen LogP contribution in [0.5, 0.6) is 0 Å². The number of nitrogens with zero attached hydrogens (tertiary/aromatic N) is 10. The van der Waals surface area contributed by atoms with Crippen LogP contribution in [-0.2, 0) is 19.1 Å². The van der Waals surface area contributed by atoms with Gasteiger partial charge < -0.3 is 60.7 Å². The highest BCUT2D eigenvalue weighted by Crippen LogP contribution is 2.39. The quantitative estimate of drug-likeness (QED) is 0.0355. The van der Waals surface area contributed by atoms with Gasteiger partial charge >= 0.3 is 0 Å². The summed E-state index contributed by atoms with van der Waals surface area (Å²) < 4.78 is 47.2. The Bertz CT molecular complexity index is 3560. The van der Waals surface area contributed by atoms with Crippen molar-refractivity contribution in [3.05, 3.63) is 106 Å². The van der Waals surface area contributed by atoms with Gasteiger partial charge in [0.1, 0.15) is 47.1 Å². The molecule has 10 rings (SSSR count). The number of hydrogen-bond donors (Lipinski definition) is 6. The van der Waals surface area contributed by atoms with E-state index in [1.807, 2.05) is 10.9 Å². The maximum atomic E-state index is 15.0. The van der Waals surface area contributed by atoms with Crippen molar-refractivity contribution in [1.29, 1.82) is 0 Å². The number of hydrogen-bond acceptors (Lipinski definition) is 14. The van der Waals surface area contributed by atoms with Crippen LogP contribution in [0.3, 0.4) is 0 Å². The van der Waals surface area contributed by atoms with Crippen molar-refractivity contribution in [1.82, 2.24) is 48.5 Å². The lowest BCUT2D eigenvalue weighted by molar-refractivity contribution is -0.128. The molecule has 0 unspecified atom stereocenters. The third kappa shape index (κ3) is 14.2. The lowest BCUT2D eigenvalue weighted by Crippen LogP contribution is -2.37. The largest absolute Gasteiger partial charge is 0.395 e. The van der Waals surface area contributed by atoms with Gasteiger partial charge in [0.15, 0.2) is 5.69 Å². The maximum absolute atomic E-state index is 15.0. The van der Waals surface area contributed by atoms with E-state index in [1.54, 1.807) is 57.9 Å². The molecule has 4 aromatic heterocycles. The number of nitrogens with two attached hydrogens (primary N) is 2. The Morgan fingerprint density at radius 1 is 0.711 bits per heavy atom. The van der Waals surface area contributed by atoms with E-state index in [-0.39, 0.29) is 103 Å². The highest BCUT2D eigenvalue weighted by Gasteiger charge is 2.40. The van der Waals surface area contributed by atoms with Crippen LogP contribution >= 0.6 is 15.9 Å². The monoisotopic (exact) mass is 1220 g/mol. The summed E-state index contributed by atoms with van der Waals surface area (Å²) in [6.45, 7) is 15.0. The van der Waals surface area contributed by atoms with Crippen LogP contribution in [0.2, 0.25) is 19.6 Å². The standard InChI is InChI=1S/C27H30FN7O4.C15H22BrN5O4.C15H17FN2Si/c1-3-24(37)33-13-18(11-19(33)14-39-2)35-27(30-8-9-36)25(26(29)38)21(32-35)7-4-16-10-22-23(12-20(16)28)34(15-31-22)17-5-6-17;1-3-11(23)20-7-9(6-10(20)8-25-2)21-15(18-4-5-22)12(14(17)24)13(16)19-21;1-19(2,3)7-6-11-8-14-15(9-13(11)16)18(10-17-14)12-4-5-12/h3,10,12,15,17-19,30,36H,1,5-6,8-9,11,13-14H2,2H3,(H2,29,38);3,9-10,18,22H,1,4-8H2,2H3,(H2,17,24);8-10,12H,4-5H2,1-3H3/t18-,19+;9-,10+;/m00./s1. The van der Waals surface area contributed by atoms with Gasteiger partial charge in [0.05, 0.1) is 96.4 Å². The van der Waals surface area contributed by atoms with Crippen LogP contribution in [-0.4, -0.2) is 169 Å². The third-order valence-electron chi connectivity index (χ3n) is 14.3. The molecular weight excluding hydrogens is 1150 g/mol. The first-order chi connectivity index (χ1) is 39.7. The first kappa shape index (κ1) is 61.3. The SMILES string of the molecule is C=CC(=O)N1C[C@@H](n2nc(Br)c(C(N)=O)c2NCCO)C[C@@H]1COC.C=CC(=O)N1C[C@@H](n2nc(C#Cc3cc4ncn(C5CC5)c4cc3F)c(C(N)=O)c2NCCO)C[C@@H]1COC.C[Si](C)(C)C#Cc1cc2ncn(C3CC3)c2cc1F. The zero-order valence-corrected chi connectivity index (χ0v) is 49.6. The van der Waals surface area contributed by atoms with E-state index in [9.17, 15) is 28.7 Å². The number of nitrogens with one attached hydrogen (secondary N) is 2. The topological polar surface area (TPSA) is 281 Å². The summed E-state index contributed by atoms with van der Waals surface area (Å²) in [5, 5.41) is 33.4. The Morgan fingerprint density at radius 3 is 1.57 bits per heavy atom. The number of ether oxygens (including phenoxy) is 2. The van der Waals surface area contributed by atoms with Crippen molar-refractivity contribution in [3.8, 4) is 23.3 Å². The van der Waals surface area contributed by atoms with Crippen molar-refractivity contribution in [2.24, 2.45) is 11.5 Å². The number of benzene rings is 2. The lowest BCUT2D eigenvalue weighted by atomic mass is 10.1. The van der Waals surface area contributed by atoms with Crippen LogP contribution in [0.25, 0.3) is 22.1 Å². The molecule has 2 aliphatic carbocycles. The molecule has 2 saturated carbocycles. The molecule has 2 saturated heterocycles. The van der Waals surface area contributed by atoms with E-state index in [2.05, 4.69) is 107 Å². The number of primary amides is 2. The molecule has 440 valence electrons. The molecule has 22 nitrogen and oxygen atoms in total. The predicted octanol–water partition coefficient (Wildman–Crippen LogP) is 5.45. The number of aliphatic hydroxyl groups excluding tert-OH is 2. The zero-order valence-electron chi connectivity index (χ0n) is 47.0. The van der Waals surface area contributed by atoms with E-state index in [0.29, 0.717) is 71.7 Å². The summed E-state index contributed by atoms with van der Waals surface area (Å²) in [6.07, 6.45) is 11.6. The number of methoxy groups -OCH3 is 2. The number of rotatable bonds is 18. The molecule has 8 N–H and O–H groups in total. The third-order valence-corrected chi connectivity index (χ3v) is 15.7. The van der Waals surface area contributed by atoms with E-state index in [4.69, 9.17) is 26.0 Å². The van der Waals surface area contributed by atoms with E-state index in [0.717, 1.165) is 23.9 Å². The second kappa shape index (κ2) is 26.7. The van der Waals surface area contributed by atoms with E-state index < -0.39 is 25.7 Å². The minimum atomic E-state index is -1.49. The molecular formula is C57H69BrF2N14O8Si. The summed E-state index contributed by atoms with van der Waals surface area (Å²) in [4.78, 5) is 61.0. The van der Waals surface area contributed by atoms with Gasteiger partial charge in [0.25, 0.3) is 11.8 Å². The number of aliphatic hydroxyl groups is 2. The van der Waals surface area contributed by atoms with Gasteiger partial charge in [-0.05, 0) is 84.7 Å². The molecule has 4 fully saturated rings. The molecule has 6 aromatic rings. The van der Waals surface area contributed by atoms with Crippen molar-refractivity contribution in [3.63, 3.8) is 0 Å². The number of likely N-dealkylation sites (tertiary alicyclic amines) is 2. The van der Waals surface area contributed by atoms with Crippen LogP contribution in [0.15, 0.2) is 66.8 Å². The summed E-state index contributed by atoms with van der Waals surface area (Å²) in [7, 11) is 1.64. The first-order valence-corrected chi connectivity index (χ1v) is 31.4. The Balaban J connectivity index is 0.000000175. The van der Waals surface area contributed by atoms with Crippen LogP contribution in [0, 0.1) is 34.9 Å². The van der Waals surface area contributed by atoms with Crippen molar-refractivity contribution < 1.29 is 47.6 Å². The minimum Gasteiger partial charge on any atom is -0.395 e. The predicted molar refractivity (Wildman–Crippen MR) is 315 cm³/mol. The fourth-order valence-electron chi connectivity index (χ4n) is 10.2. The number of anilines is 2. The Morgan fingerprint density at radius 2 is 1.16 bits per heavy atom. The maximum Gasteiger partial charge on any atom is 0.255 e. The van der Waals surface area contributed by atoms with E-state index >= 15 is 4.39 Å². The number of aromatic nitrogens is 8. The van der Waals surface area contributed by atoms with E-state index in [1.165, 1.54) is 31.1 Å². The van der Waals surface area contributed by atoms with Crippen LogP contribution in [0.4, 0.5) is 20.4 Å². The van der Waals surface area contributed by atoms with Gasteiger partial charge in [-0.25, -0.2) is 28.1 Å². The molecule has 26 heteroatoms. The minimum absolute atomic E-state index is 0.0206. The van der Waals surface area contributed by atoms with Gasteiger partial charge in [-0.2, -0.15) is 10.2 Å². The van der Waals surface area contributed by atoms with Gasteiger partial charge in [-0.1, -0.05) is 44.6 Å². The van der Waals surface area contributed by atoms with Crippen molar-refractivity contribution >= 4 is 81.3 Å². The number of carbonyl (C=O) groups excluding carboxylic acids is 4. The molecule has 83 heavy (non-hydrogen) atoms. The molecule has 2 aliphatic heterocycles. The molecule has 4 amide bonds. The molecule has 0 spiro atoms. The van der Waals surface area contributed by atoms with Gasteiger partial charge in [0.2, 0.25) is 11.8 Å². The number of fused-ring (bicyclic) bond motifs is 2. The molecule has 4 aliphatic rings. The first-order valence-electron chi connectivity index (χ1n) is 27.1. The van der Waals surface area contributed by atoms with Gasteiger partial charge in [-0.15, -0.1) is 5.54 Å². The Hall–Kier alpha value is -7.72. The van der Waals surface area contributed by atoms with Crippen molar-refractivity contribution in [2.75, 3.05) is 77.5 Å². The smallest absolute Gasteiger partial charge is 0.255 e. The molecule has 0 bridgehead atoms. The summed E-state index contributed by atoms with van der Waals surface area (Å²) in [5.74, 6) is 6.70. The average Bonchev–Trinajstić information content (AvgIpc) is 3.32. The lowest BCUT2D eigenvalue weighted by Gasteiger charge is -2.22. The number of imidazole rings is 2. The highest BCUT2D eigenvalue weighted by atomic mass is 79.9. The molecule has 6 heterocycles. The summed E-state index contributed by atoms with van der Waals surface area (Å²) >= 11 is 3.25.